The van der Waals surface area contributed by atoms with Crippen molar-refractivity contribution >= 4 is 13.3 Å². The summed E-state index contributed by atoms with van der Waals surface area (Å²) in [5.41, 5.74) is 2.76. The van der Waals surface area contributed by atoms with Gasteiger partial charge in [0.2, 0.25) is 0 Å². The van der Waals surface area contributed by atoms with Crippen molar-refractivity contribution in [2.24, 2.45) is 0 Å². The van der Waals surface area contributed by atoms with Crippen LogP contribution in [0.5, 0.6) is 17.2 Å². The van der Waals surface area contributed by atoms with Crippen LogP contribution in [-0.4, -0.2) is 23.2 Å². The standard InChI is InChI=1S/C13H13BO3/c1-7-9(8-5-3-2-4-6-8)10(14)12(16)13(17)11(7)15/h2-6,15-17H,14H2,1H3. The molecule has 2 aromatic rings. The second-order valence-electron chi connectivity index (χ2n) is 4.04. The zero-order valence-electron chi connectivity index (χ0n) is 9.73. The van der Waals surface area contributed by atoms with E-state index in [9.17, 15) is 15.3 Å². The van der Waals surface area contributed by atoms with Crippen molar-refractivity contribution in [2.45, 2.75) is 6.92 Å². The van der Waals surface area contributed by atoms with Gasteiger partial charge in [-0.3, -0.25) is 0 Å². The molecule has 2 aromatic carbocycles. The van der Waals surface area contributed by atoms with E-state index in [1.54, 1.807) is 14.8 Å². The molecule has 3 nitrogen and oxygen atoms in total. The van der Waals surface area contributed by atoms with Crippen molar-refractivity contribution in [3.05, 3.63) is 35.9 Å². The molecule has 3 N–H and O–H groups in total. The van der Waals surface area contributed by atoms with Crippen LogP contribution < -0.4 is 5.46 Å². The van der Waals surface area contributed by atoms with Gasteiger partial charge in [-0.05, 0) is 23.5 Å². The highest BCUT2D eigenvalue weighted by Gasteiger charge is 2.18. The minimum absolute atomic E-state index is 0.271. The first-order valence-corrected chi connectivity index (χ1v) is 5.33. The summed E-state index contributed by atoms with van der Waals surface area (Å²) >= 11 is 0. The van der Waals surface area contributed by atoms with E-state index in [0.29, 0.717) is 11.0 Å². The molecule has 0 atom stereocenters. The average Bonchev–Trinajstić information content (AvgIpc) is 2.36. The fourth-order valence-corrected chi connectivity index (χ4v) is 2.02. The molecular weight excluding hydrogens is 215 g/mol. The van der Waals surface area contributed by atoms with E-state index in [0.717, 1.165) is 11.1 Å². The van der Waals surface area contributed by atoms with Gasteiger partial charge in [0, 0.05) is 5.56 Å². The largest absolute Gasteiger partial charge is 0.505 e. The Morgan fingerprint density at radius 1 is 0.882 bits per heavy atom. The molecule has 0 saturated carbocycles. The fourth-order valence-electron chi connectivity index (χ4n) is 2.02. The maximum Gasteiger partial charge on any atom is 0.199 e. The Bertz CT molecular complexity index is 536. The Hall–Kier alpha value is -2.10. The normalized spacial score (nSPS) is 10.4. The van der Waals surface area contributed by atoms with Gasteiger partial charge in [-0.1, -0.05) is 30.3 Å². The Kier molecular flexibility index (Phi) is 2.72. The van der Waals surface area contributed by atoms with Crippen LogP contribution in [0.1, 0.15) is 5.56 Å². The summed E-state index contributed by atoms with van der Waals surface area (Å²) in [6.45, 7) is 1.71. The minimum atomic E-state index is -0.459. The van der Waals surface area contributed by atoms with E-state index in [1.807, 2.05) is 30.3 Å². The van der Waals surface area contributed by atoms with E-state index in [1.165, 1.54) is 0 Å². The lowest BCUT2D eigenvalue weighted by atomic mass is 9.83. The topological polar surface area (TPSA) is 60.7 Å². The lowest BCUT2D eigenvalue weighted by Gasteiger charge is -2.15. The van der Waals surface area contributed by atoms with Crippen molar-refractivity contribution in [3.63, 3.8) is 0 Å². The van der Waals surface area contributed by atoms with Crippen LogP contribution in [0.15, 0.2) is 30.3 Å². The van der Waals surface area contributed by atoms with Gasteiger partial charge >= 0.3 is 0 Å². The Morgan fingerprint density at radius 3 is 2.06 bits per heavy atom. The minimum Gasteiger partial charge on any atom is -0.505 e. The molecular formula is C13H13BO3. The Morgan fingerprint density at radius 2 is 1.47 bits per heavy atom. The third-order valence-corrected chi connectivity index (χ3v) is 2.97. The van der Waals surface area contributed by atoms with E-state index in [4.69, 9.17) is 0 Å². The number of phenolic OH excluding ortho intramolecular Hbond substituents is 3. The summed E-state index contributed by atoms with van der Waals surface area (Å²) in [7, 11) is 1.71. The van der Waals surface area contributed by atoms with Gasteiger partial charge in [0.05, 0.1) is 0 Å². The van der Waals surface area contributed by atoms with Gasteiger partial charge < -0.3 is 15.3 Å². The SMILES string of the molecule is Bc1c(O)c(O)c(O)c(C)c1-c1ccccc1. The molecule has 0 aromatic heterocycles. The zero-order valence-corrected chi connectivity index (χ0v) is 9.73. The molecule has 0 heterocycles. The number of rotatable bonds is 1. The molecule has 0 radical (unpaired) electrons. The highest BCUT2D eigenvalue weighted by Crippen LogP contribution is 2.40. The first kappa shape index (κ1) is 11.4. The molecule has 0 amide bonds. The predicted molar refractivity (Wildman–Crippen MR) is 69.8 cm³/mol. The highest BCUT2D eigenvalue weighted by atomic mass is 16.3. The van der Waals surface area contributed by atoms with Crippen LogP contribution >= 0.6 is 0 Å². The summed E-state index contributed by atoms with van der Waals surface area (Å²) in [6, 6.07) is 9.45. The molecule has 0 aliphatic heterocycles. The second-order valence-corrected chi connectivity index (χ2v) is 4.04. The van der Waals surface area contributed by atoms with Crippen LogP contribution in [0.4, 0.5) is 0 Å². The first-order chi connectivity index (χ1) is 8.04. The second kappa shape index (κ2) is 4.05. The van der Waals surface area contributed by atoms with Crippen LogP contribution in [0, 0.1) is 6.92 Å². The number of hydrogen-bond donors (Lipinski definition) is 3. The molecule has 2 rings (SSSR count). The van der Waals surface area contributed by atoms with Gasteiger partial charge in [0.1, 0.15) is 7.85 Å². The van der Waals surface area contributed by atoms with Crippen LogP contribution in [0.3, 0.4) is 0 Å². The van der Waals surface area contributed by atoms with Crippen molar-refractivity contribution in [3.8, 4) is 28.4 Å². The van der Waals surface area contributed by atoms with Gasteiger partial charge in [-0.25, -0.2) is 0 Å². The summed E-state index contributed by atoms with van der Waals surface area (Å²) in [4.78, 5) is 0. The summed E-state index contributed by atoms with van der Waals surface area (Å²) in [5.74, 6) is -1.00. The molecule has 0 saturated heterocycles. The van der Waals surface area contributed by atoms with Crippen molar-refractivity contribution in [2.75, 3.05) is 0 Å². The smallest absolute Gasteiger partial charge is 0.199 e. The lowest BCUT2D eigenvalue weighted by Crippen LogP contribution is -2.10. The number of phenols is 3. The molecule has 0 aliphatic carbocycles. The predicted octanol–water partition coefficient (Wildman–Crippen LogP) is 1.04. The molecule has 0 fully saturated rings. The Labute approximate surface area is 100 Å². The van der Waals surface area contributed by atoms with Crippen LogP contribution in [0.2, 0.25) is 0 Å². The molecule has 0 bridgehead atoms. The number of benzene rings is 2. The fraction of sp³-hybridized carbons (Fsp3) is 0.0769. The molecule has 0 aliphatic rings. The molecule has 17 heavy (non-hydrogen) atoms. The average molecular weight is 228 g/mol. The quantitative estimate of drug-likeness (QED) is 0.504. The molecule has 4 heteroatoms. The zero-order chi connectivity index (χ0) is 12.6. The lowest BCUT2D eigenvalue weighted by molar-refractivity contribution is 0.368. The van der Waals surface area contributed by atoms with Gasteiger partial charge in [-0.2, -0.15) is 0 Å². The highest BCUT2D eigenvalue weighted by molar-refractivity contribution is 6.38. The third-order valence-electron chi connectivity index (χ3n) is 2.97. The number of aromatic hydroxyl groups is 3. The summed E-state index contributed by atoms with van der Waals surface area (Å²) in [6.07, 6.45) is 0. The third kappa shape index (κ3) is 1.71. The van der Waals surface area contributed by atoms with Crippen LogP contribution in [0.25, 0.3) is 11.1 Å². The maximum atomic E-state index is 9.74. The Balaban J connectivity index is 2.80. The van der Waals surface area contributed by atoms with Crippen molar-refractivity contribution in [1.29, 1.82) is 0 Å². The monoisotopic (exact) mass is 228 g/mol. The number of hydrogen-bond acceptors (Lipinski definition) is 3. The van der Waals surface area contributed by atoms with E-state index in [2.05, 4.69) is 0 Å². The van der Waals surface area contributed by atoms with E-state index in [-0.39, 0.29) is 11.5 Å². The first-order valence-electron chi connectivity index (χ1n) is 5.33. The molecule has 0 spiro atoms. The summed E-state index contributed by atoms with van der Waals surface area (Å²) < 4.78 is 0. The molecule has 0 unspecified atom stereocenters. The maximum absolute atomic E-state index is 9.74. The van der Waals surface area contributed by atoms with Crippen molar-refractivity contribution in [1.82, 2.24) is 0 Å². The van der Waals surface area contributed by atoms with Gasteiger partial charge in [0.25, 0.3) is 0 Å². The summed E-state index contributed by atoms with van der Waals surface area (Å²) in [5, 5.41) is 29.0. The van der Waals surface area contributed by atoms with Gasteiger partial charge in [-0.15, -0.1) is 0 Å². The van der Waals surface area contributed by atoms with Crippen molar-refractivity contribution < 1.29 is 15.3 Å². The van der Waals surface area contributed by atoms with Gasteiger partial charge in [0.15, 0.2) is 17.2 Å². The molecule has 86 valence electrons. The van der Waals surface area contributed by atoms with Crippen LogP contribution in [-0.2, 0) is 0 Å². The van der Waals surface area contributed by atoms with E-state index < -0.39 is 5.75 Å². The van der Waals surface area contributed by atoms with E-state index >= 15 is 0 Å².